The van der Waals surface area contributed by atoms with Gasteiger partial charge in [-0.05, 0) is 73.9 Å². The van der Waals surface area contributed by atoms with Crippen molar-refractivity contribution >= 4 is 33.3 Å². The minimum absolute atomic E-state index is 0.188. The predicted octanol–water partition coefficient (Wildman–Crippen LogP) is 8.51. The third-order valence-electron chi connectivity index (χ3n) is 7.91. The molecule has 0 spiro atoms. The molecule has 4 rings (SSSR count). The number of hydrogen-bond donors (Lipinski definition) is 1. The van der Waals surface area contributed by atoms with Gasteiger partial charge in [0.1, 0.15) is 39.0 Å². The van der Waals surface area contributed by atoms with E-state index in [1.165, 1.54) is 92.4 Å². The smallest absolute Gasteiger partial charge is 0.124 e. The van der Waals surface area contributed by atoms with Crippen LogP contribution in [0.1, 0.15) is 76.7 Å². The summed E-state index contributed by atoms with van der Waals surface area (Å²) in [5, 5.41) is 13.6. The van der Waals surface area contributed by atoms with E-state index in [9.17, 15) is 13.0 Å². The molecule has 230 valence electrons. The Morgan fingerprint density at radius 2 is 1.00 bits per heavy atom. The molecule has 0 amide bonds. The second kappa shape index (κ2) is 18.0. The molecule has 0 aliphatic carbocycles. The van der Waals surface area contributed by atoms with Crippen molar-refractivity contribution in [3.63, 3.8) is 0 Å². The summed E-state index contributed by atoms with van der Waals surface area (Å²) in [5.41, 5.74) is 0.530. The molecule has 4 aromatic carbocycles. The highest BCUT2D eigenvalue weighted by molar-refractivity contribution is 7.95. The highest BCUT2D eigenvalue weighted by atomic mass is 32.2. The molecule has 0 aromatic heterocycles. The van der Waals surface area contributed by atoms with Crippen LogP contribution in [0.4, 0.5) is 0 Å². The molecule has 0 radical (unpaired) electrons. The second-order valence-corrected chi connectivity index (χ2v) is 16.1. The van der Waals surface area contributed by atoms with Crippen molar-refractivity contribution in [3.05, 3.63) is 115 Å². The number of phenols is 1. The van der Waals surface area contributed by atoms with Crippen molar-refractivity contribution in [1.29, 1.82) is 0 Å². The quantitative estimate of drug-likeness (QED) is 0.0823. The van der Waals surface area contributed by atoms with E-state index in [0.717, 1.165) is 12.1 Å². The summed E-state index contributed by atoms with van der Waals surface area (Å²) in [6, 6.07) is 37.4. The Morgan fingerprint density at radius 3 is 1.37 bits per heavy atom. The van der Waals surface area contributed by atoms with Crippen LogP contribution >= 0.6 is 7.26 Å². The lowest BCUT2D eigenvalue weighted by atomic mass is 10.1. The average molecular weight is 619 g/mol. The molecule has 43 heavy (non-hydrogen) atoms. The van der Waals surface area contributed by atoms with Crippen LogP contribution in [0.3, 0.4) is 0 Å². The maximum Gasteiger partial charge on any atom is 0.124 e. The van der Waals surface area contributed by atoms with Crippen LogP contribution in [-0.4, -0.2) is 24.2 Å². The van der Waals surface area contributed by atoms with Gasteiger partial charge in [-0.15, -0.1) is 0 Å². The monoisotopic (exact) mass is 618 g/mol. The largest absolute Gasteiger partial charge is 0.744 e. The SMILES string of the molecule is CCCCCCCCCCCC[P+](c1ccccc1)(c1ccccc1)c1ccccc1.Cc1ccc(S(=O)(=O)[O-])cc1O. The molecule has 4 nitrogen and oxygen atoms in total. The van der Waals surface area contributed by atoms with Gasteiger partial charge >= 0.3 is 0 Å². The first-order valence-electron chi connectivity index (χ1n) is 15.6. The standard InChI is InChI=1S/C30H40P.C7H8O4S/c1-2-3-4-5-6-7-8-9-10-20-27-31(28-21-14-11-15-22-28,29-23-16-12-17-24-29)30-25-18-13-19-26-30;1-5-2-3-6(4-7(5)8)12(9,10)11/h11-19,21-26H,2-10,20,27H2,1H3;2-4,8H,1H3,(H,9,10,11)/q+1;/p-1. The Bertz CT molecular complexity index is 1350. The van der Waals surface area contributed by atoms with Gasteiger partial charge in [-0.3, -0.25) is 0 Å². The van der Waals surface area contributed by atoms with Gasteiger partial charge in [0, 0.05) is 0 Å². The second-order valence-electron chi connectivity index (χ2n) is 11.1. The molecule has 1 N–H and O–H groups in total. The number of phenolic OH excluding ortho intramolecular Hbond substituents is 1. The zero-order valence-corrected chi connectivity index (χ0v) is 27.4. The van der Waals surface area contributed by atoms with Crippen LogP contribution in [0, 0.1) is 6.92 Å². The first-order chi connectivity index (χ1) is 20.8. The molecule has 4 aromatic rings. The molecular formula is C37H47O4PS. The predicted molar refractivity (Wildman–Crippen MR) is 183 cm³/mol. The Labute approximate surface area is 260 Å². The fraction of sp³-hybridized carbons (Fsp3) is 0.351. The molecule has 0 heterocycles. The molecule has 0 aliphatic heterocycles. The summed E-state index contributed by atoms with van der Waals surface area (Å²) in [7, 11) is -6.08. The summed E-state index contributed by atoms with van der Waals surface area (Å²) in [6.07, 6.45) is 15.2. The van der Waals surface area contributed by atoms with Crippen LogP contribution in [0.5, 0.6) is 5.75 Å². The Balaban J connectivity index is 0.000000353. The van der Waals surface area contributed by atoms with Crippen LogP contribution in [0.25, 0.3) is 0 Å². The van der Waals surface area contributed by atoms with E-state index in [0.29, 0.717) is 5.56 Å². The van der Waals surface area contributed by atoms with Crippen molar-refractivity contribution in [1.82, 2.24) is 0 Å². The number of rotatable bonds is 15. The van der Waals surface area contributed by atoms with Crippen molar-refractivity contribution in [2.75, 3.05) is 6.16 Å². The van der Waals surface area contributed by atoms with Gasteiger partial charge in [0.2, 0.25) is 0 Å². The molecule has 0 fully saturated rings. The molecule has 0 unspecified atom stereocenters. The van der Waals surface area contributed by atoms with Gasteiger partial charge in [-0.25, -0.2) is 8.42 Å². The lowest BCUT2D eigenvalue weighted by Crippen LogP contribution is -2.33. The summed E-state index contributed by atoms with van der Waals surface area (Å²) in [4.78, 5) is -0.411. The van der Waals surface area contributed by atoms with E-state index in [1.54, 1.807) is 6.92 Å². The van der Waals surface area contributed by atoms with Crippen LogP contribution in [0.15, 0.2) is 114 Å². The molecule has 0 saturated heterocycles. The molecule has 0 bridgehead atoms. The number of hydrogen-bond acceptors (Lipinski definition) is 4. The number of aryl methyl sites for hydroxylation is 1. The van der Waals surface area contributed by atoms with Crippen molar-refractivity contribution in [2.24, 2.45) is 0 Å². The van der Waals surface area contributed by atoms with Crippen LogP contribution < -0.4 is 15.9 Å². The summed E-state index contributed by atoms with van der Waals surface area (Å²) < 4.78 is 31.3. The Morgan fingerprint density at radius 1 is 0.605 bits per heavy atom. The number of benzene rings is 4. The number of aromatic hydroxyl groups is 1. The average Bonchev–Trinajstić information content (AvgIpc) is 3.02. The maximum absolute atomic E-state index is 10.4. The molecule has 0 atom stereocenters. The van der Waals surface area contributed by atoms with Gasteiger partial charge in [-0.2, -0.15) is 0 Å². The molecule has 6 heteroatoms. The highest BCUT2D eigenvalue weighted by Gasteiger charge is 2.44. The Kier molecular flexibility index (Phi) is 14.4. The first-order valence-corrected chi connectivity index (χ1v) is 19.0. The normalized spacial score (nSPS) is 11.5. The van der Waals surface area contributed by atoms with E-state index in [1.807, 2.05) is 0 Å². The fourth-order valence-electron chi connectivity index (χ4n) is 5.46. The fourth-order valence-corrected chi connectivity index (χ4v) is 10.4. The zero-order valence-electron chi connectivity index (χ0n) is 25.7. The third-order valence-corrected chi connectivity index (χ3v) is 13.3. The summed E-state index contributed by atoms with van der Waals surface area (Å²) in [6.45, 7) is 3.90. The van der Waals surface area contributed by atoms with Gasteiger partial charge in [-0.1, -0.05) is 119 Å². The van der Waals surface area contributed by atoms with E-state index in [-0.39, 0.29) is 5.75 Å². The summed E-state index contributed by atoms with van der Waals surface area (Å²) >= 11 is 0. The molecule has 0 aliphatic rings. The van der Waals surface area contributed by atoms with Crippen LogP contribution in [0.2, 0.25) is 0 Å². The van der Waals surface area contributed by atoms with E-state index >= 15 is 0 Å². The van der Waals surface area contributed by atoms with E-state index < -0.39 is 22.3 Å². The number of unbranched alkanes of at least 4 members (excludes halogenated alkanes) is 9. The van der Waals surface area contributed by atoms with Gasteiger partial charge in [0.25, 0.3) is 0 Å². The molecular weight excluding hydrogens is 571 g/mol. The maximum atomic E-state index is 10.4. The van der Waals surface area contributed by atoms with Crippen molar-refractivity contribution in [3.8, 4) is 5.75 Å². The van der Waals surface area contributed by atoms with Gasteiger partial charge in [0.15, 0.2) is 0 Å². The lowest BCUT2D eigenvalue weighted by molar-refractivity contribution is 0.454. The lowest BCUT2D eigenvalue weighted by Gasteiger charge is -2.27. The highest BCUT2D eigenvalue weighted by Crippen LogP contribution is 2.56. The van der Waals surface area contributed by atoms with Crippen molar-refractivity contribution in [2.45, 2.75) is 83.0 Å². The Hall–Kier alpha value is -2.98. The van der Waals surface area contributed by atoms with E-state index in [4.69, 9.17) is 5.11 Å². The van der Waals surface area contributed by atoms with Gasteiger partial charge < -0.3 is 9.66 Å². The summed E-state index contributed by atoms with van der Waals surface area (Å²) in [5.74, 6) is -0.188. The molecule has 0 saturated carbocycles. The van der Waals surface area contributed by atoms with Crippen LogP contribution in [-0.2, 0) is 10.1 Å². The van der Waals surface area contributed by atoms with Gasteiger partial charge in [0.05, 0.1) is 11.1 Å². The minimum Gasteiger partial charge on any atom is -0.744 e. The van der Waals surface area contributed by atoms with E-state index in [2.05, 4.69) is 97.9 Å². The topological polar surface area (TPSA) is 77.4 Å². The third kappa shape index (κ3) is 10.6. The zero-order chi connectivity index (χ0) is 31.0. The van der Waals surface area contributed by atoms with Crippen molar-refractivity contribution < 1.29 is 18.1 Å². The minimum atomic E-state index is -4.45. The first kappa shape index (κ1) is 34.5.